The van der Waals surface area contributed by atoms with Gasteiger partial charge in [0.15, 0.2) is 0 Å². The van der Waals surface area contributed by atoms with Crippen LogP contribution in [-0.2, 0) is 0 Å². The number of hydrogen-bond acceptors (Lipinski definition) is 6. The van der Waals surface area contributed by atoms with E-state index in [0.29, 0.717) is 10.6 Å². The fourth-order valence-corrected chi connectivity index (χ4v) is 5.31. The number of anilines is 2. The highest BCUT2D eigenvalue weighted by molar-refractivity contribution is 7.20. The van der Waals surface area contributed by atoms with E-state index < -0.39 is 0 Å². The third-order valence-electron chi connectivity index (χ3n) is 5.84. The molecule has 5 rings (SSSR count). The Morgan fingerprint density at radius 3 is 2.36 bits per heavy atom. The molecule has 33 heavy (non-hydrogen) atoms. The van der Waals surface area contributed by atoms with Gasteiger partial charge in [-0.25, -0.2) is 9.97 Å². The summed E-state index contributed by atoms with van der Waals surface area (Å²) < 4.78 is 5.83. The number of carbonyl (C=O) groups is 1. The Hall–Kier alpha value is -3.45. The van der Waals surface area contributed by atoms with E-state index in [1.165, 1.54) is 30.6 Å². The number of thiophene rings is 1. The largest absolute Gasteiger partial charge is 0.457 e. The smallest absolute Gasteiger partial charge is 0.266 e. The summed E-state index contributed by atoms with van der Waals surface area (Å²) in [5.74, 6) is 3.07. The van der Waals surface area contributed by atoms with E-state index in [1.807, 2.05) is 68.4 Å². The van der Waals surface area contributed by atoms with Crippen LogP contribution in [0.25, 0.3) is 10.2 Å². The molecule has 6 nitrogen and oxygen atoms in total. The summed E-state index contributed by atoms with van der Waals surface area (Å²) in [4.78, 5) is 26.4. The van der Waals surface area contributed by atoms with Crippen LogP contribution in [0.3, 0.4) is 0 Å². The van der Waals surface area contributed by atoms with E-state index in [-0.39, 0.29) is 5.91 Å². The number of ether oxygens (including phenoxy) is 1. The van der Waals surface area contributed by atoms with Crippen LogP contribution in [0.5, 0.6) is 11.5 Å². The fourth-order valence-electron chi connectivity index (χ4n) is 4.19. The Kier molecular flexibility index (Phi) is 5.96. The lowest BCUT2D eigenvalue weighted by Gasteiger charge is -2.28. The molecule has 3 heterocycles. The lowest BCUT2D eigenvalue weighted by atomic mass is 10.1. The molecule has 0 unspecified atom stereocenters. The highest BCUT2D eigenvalue weighted by Crippen LogP contribution is 2.36. The van der Waals surface area contributed by atoms with E-state index in [0.717, 1.165) is 51.9 Å². The summed E-state index contributed by atoms with van der Waals surface area (Å²) >= 11 is 1.43. The minimum Gasteiger partial charge on any atom is -0.457 e. The normalized spacial score (nSPS) is 13.8. The van der Waals surface area contributed by atoms with Crippen LogP contribution < -0.4 is 15.0 Å². The molecule has 7 heteroatoms. The molecular formula is C26H26N4O2S. The molecule has 1 fully saturated rings. The van der Waals surface area contributed by atoms with Crippen molar-refractivity contribution >= 4 is 39.0 Å². The molecule has 1 saturated heterocycles. The van der Waals surface area contributed by atoms with E-state index in [9.17, 15) is 4.79 Å². The van der Waals surface area contributed by atoms with Gasteiger partial charge in [0.1, 0.15) is 28.0 Å². The molecule has 4 aromatic rings. The Balaban J connectivity index is 1.38. The summed E-state index contributed by atoms with van der Waals surface area (Å²) in [5, 5.41) is 4.02. The van der Waals surface area contributed by atoms with Crippen LogP contribution in [-0.4, -0.2) is 29.0 Å². The molecule has 0 spiro atoms. The zero-order chi connectivity index (χ0) is 22.8. The van der Waals surface area contributed by atoms with Gasteiger partial charge in [0.25, 0.3) is 5.91 Å². The monoisotopic (exact) mass is 458 g/mol. The van der Waals surface area contributed by atoms with Crippen molar-refractivity contribution in [1.29, 1.82) is 0 Å². The first-order chi connectivity index (χ1) is 16.1. The maximum absolute atomic E-state index is 13.2. The number of aromatic nitrogens is 2. The van der Waals surface area contributed by atoms with Crippen molar-refractivity contribution in [1.82, 2.24) is 9.97 Å². The molecular weight excluding hydrogens is 432 g/mol. The summed E-state index contributed by atoms with van der Waals surface area (Å²) in [6, 6.07) is 17.0. The molecule has 1 amide bonds. The number of aryl methyl sites for hydroxylation is 2. The van der Waals surface area contributed by atoms with Crippen LogP contribution in [0, 0.1) is 13.8 Å². The van der Waals surface area contributed by atoms with E-state index in [4.69, 9.17) is 9.72 Å². The maximum Gasteiger partial charge on any atom is 0.266 e. The lowest BCUT2D eigenvalue weighted by molar-refractivity contribution is 0.103. The Morgan fingerprint density at radius 2 is 1.64 bits per heavy atom. The number of nitrogens with zero attached hydrogens (tertiary/aromatic N) is 3. The standard InChI is InChI=1S/C26H26N4O2S/c1-17-22-24(30-15-7-4-8-16-30)27-18(2)28-26(22)33-23(17)25(31)29-19-11-13-21(14-12-19)32-20-9-5-3-6-10-20/h3,5-6,9-14H,4,7-8,15-16H2,1-2H3,(H,29,31). The molecule has 0 atom stereocenters. The van der Waals surface area contributed by atoms with Gasteiger partial charge in [-0.05, 0) is 75.1 Å². The molecule has 1 aliphatic rings. The van der Waals surface area contributed by atoms with Crippen LogP contribution in [0.4, 0.5) is 11.5 Å². The van der Waals surface area contributed by atoms with Gasteiger partial charge < -0.3 is 15.0 Å². The van der Waals surface area contributed by atoms with E-state index >= 15 is 0 Å². The Morgan fingerprint density at radius 1 is 0.939 bits per heavy atom. The molecule has 0 saturated carbocycles. The number of rotatable bonds is 5. The number of fused-ring (bicyclic) bond motifs is 1. The van der Waals surface area contributed by atoms with E-state index in [2.05, 4.69) is 15.2 Å². The Bertz CT molecular complexity index is 1280. The predicted octanol–water partition coefficient (Wildman–Crippen LogP) is 6.34. The van der Waals surface area contributed by atoms with Gasteiger partial charge in [-0.1, -0.05) is 18.2 Å². The quantitative estimate of drug-likeness (QED) is 0.378. The van der Waals surface area contributed by atoms with Crippen LogP contribution in [0.1, 0.15) is 40.3 Å². The second-order valence-electron chi connectivity index (χ2n) is 8.27. The SMILES string of the molecule is Cc1nc(N2CCCCC2)c2c(C)c(C(=O)Nc3ccc(Oc4ccccc4)cc3)sc2n1. The highest BCUT2D eigenvalue weighted by atomic mass is 32.1. The van der Waals surface area contributed by atoms with Gasteiger partial charge in [-0.2, -0.15) is 0 Å². The van der Waals surface area contributed by atoms with Crippen LogP contribution in [0.2, 0.25) is 0 Å². The number of piperidine rings is 1. The molecule has 0 aliphatic carbocycles. The molecule has 1 N–H and O–H groups in total. The van der Waals surface area contributed by atoms with Gasteiger partial charge in [0.2, 0.25) is 0 Å². The van der Waals surface area contributed by atoms with Crippen molar-refractivity contribution in [3.05, 3.63) is 70.9 Å². The van der Waals surface area contributed by atoms with Crippen molar-refractivity contribution in [2.75, 3.05) is 23.3 Å². The number of carbonyl (C=O) groups excluding carboxylic acids is 1. The average molecular weight is 459 g/mol. The zero-order valence-electron chi connectivity index (χ0n) is 18.8. The maximum atomic E-state index is 13.2. The summed E-state index contributed by atoms with van der Waals surface area (Å²) in [6.07, 6.45) is 3.60. The molecule has 2 aromatic heterocycles. The second-order valence-corrected chi connectivity index (χ2v) is 9.27. The molecule has 0 radical (unpaired) electrons. The lowest BCUT2D eigenvalue weighted by Crippen LogP contribution is -2.30. The number of benzene rings is 2. The van der Waals surface area contributed by atoms with Gasteiger partial charge in [-0.3, -0.25) is 4.79 Å². The zero-order valence-corrected chi connectivity index (χ0v) is 19.6. The van der Waals surface area contributed by atoms with Crippen molar-refractivity contribution in [2.24, 2.45) is 0 Å². The predicted molar refractivity (Wildman–Crippen MR) is 134 cm³/mol. The number of nitrogens with one attached hydrogen (secondary N) is 1. The highest BCUT2D eigenvalue weighted by Gasteiger charge is 2.23. The van der Waals surface area contributed by atoms with Gasteiger partial charge in [0, 0.05) is 18.8 Å². The first kappa shape index (κ1) is 21.4. The Labute approximate surface area is 197 Å². The van der Waals surface area contributed by atoms with E-state index in [1.54, 1.807) is 0 Å². The van der Waals surface area contributed by atoms with Crippen LogP contribution >= 0.6 is 11.3 Å². The summed E-state index contributed by atoms with van der Waals surface area (Å²) in [6.45, 7) is 5.91. The van der Waals surface area contributed by atoms with Gasteiger partial charge in [0.05, 0.1) is 10.3 Å². The first-order valence-electron chi connectivity index (χ1n) is 11.3. The van der Waals surface area contributed by atoms with Gasteiger partial charge in [-0.15, -0.1) is 11.3 Å². The number of amides is 1. The molecule has 168 valence electrons. The van der Waals surface area contributed by atoms with Crippen molar-refractivity contribution in [2.45, 2.75) is 33.1 Å². The second kappa shape index (κ2) is 9.19. The number of para-hydroxylation sites is 1. The summed E-state index contributed by atoms with van der Waals surface area (Å²) in [5.41, 5.74) is 1.66. The van der Waals surface area contributed by atoms with Crippen molar-refractivity contribution in [3.63, 3.8) is 0 Å². The first-order valence-corrected chi connectivity index (χ1v) is 12.1. The third kappa shape index (κ3) is 4.54. The minimum atomic E-state index is -0.130. The molecule has 0 bridgehead atoms. The van der Waals surface area contributed by atoms with Crippen LogP contribution in [0.15, 0.2) is 54.6 Å². The molecule has 2 aromatic carbocycles. The van der Waals surface area contributed by atoms with Crippen molar-refractivity contribution < 1.29 is 9.53 Å². The minimum absolute atomic E-state index is 0.130. The summed E-state index contributed by atoms with van der Waals surface area (Å²) in [7, 11) is 0. The average Bonchev–Trinajstić information content (AvgIpc) is 3.17. The van der Waals surface area contributed by atoms with Crippen molar-refractivity contribution in [3.8, 4) is 11.5 Å². The van der Waals surface area contributed by atoms with Gasteiger partial charge >= 0.3 is 0 Å². The topological polar surface area (TPSA) is 67.4 Å². The fraction of sp³-hybridized carbons (Fsp3) is 0.269. The molecule has 1 aliphatic heterocycles. The number of hydrogen-bond donors (Lipinski definition) is 1. The third-order valence-corrected chi connectivity index (χ3v) is 7.02.